The summed E-state index contributed by atoms with van der Waals surface area (Å²) in [6.07, 6.45) is 6.24. The first-order valence-corrected chi connectivity index (χ1v) is 8.82. The molecule has 2 rings (SSSR count). The van der Waals surface area contributed by atoms with E-state index in [0.29, 0.717) is 6.04 Å². The predicted octanol–water partition coefficient (Wildman–Crippen LogP) is 5.00. The molecule has 3 heteroatoms. The molecule has 0 aliphatic heterocycles. The van der Waals surface area contributed by atoms with E-state index < -0.39 is 0 Å². The van der Waals surface area contributed by atoms with E-state index in [1.165, 1.54) is 36.9 Å². The minimum atomic E-state index is 0.558. The number of nitrogens with one attached hydrogen (secondary N) is 1. The topological polar surface area (TPSA) is 15.3 Å². The van der Waals surface area contributed by atoms with E-state index in [1.54, 1.807) is 0 Å². The van der Waals surface area contributed by atoms with Crippen LogP contribution in [0.3, 0.4) is 0 Å². The molecule has 2 nitrogen and oxygen atoms in total. The lowest BCUT2D eigenvalue weighted by molar-refractivity contribution is 0.595. The first-order valence-electron chi connectivity index (χ1n) is 8.44. The minimum absolute atomic E-state index is 0.558. The molecule has 0 aromatic heterocycles. The van der Waals surface area contributed by atoms with Gasteiger partial charge in [-0.25, -0.2) is 0 Å². The van der Waals surface area contributed by atoms with Crippen molar-refractivity contribution in [1.29, 1.82) is 0 Å². The van der Waals surface area contributed by atoms with Gasteiger partial charge in [-0.15, -0.1) is 0 Å². The third-order valence-electron chi connectivity index (χ3n) is 4.40. The molecule has 118 valence electrons. The van der Waals surface area contributed by atoms with Gasteiger partial charge in [0, 0.05) is 35.9 Å². The summed E-state index contributed by atoms with van der Waals surface area (Å²) in [7, 11) is 0. The molecule has 1 aromatic carbocycles. The molecule has 0 heterocycles. The van der Waals surface area contributed by atoms with Gasteiger partial charge in [0.2, 0.25) is 0 Å². The Morgan fingerprint density at radius 1 is 1.33 bits per heavy atom. The van der Waals surface area contributed by atoms with Gasteiger partial charge in [0.25, 0.3) is 0 Å². The lowest BCUT2D eigenvalue weighted by Gasteiger charge is -2.31. The van der Waals surface area contributed by atoms with Crippen molar-refractivity contribution in [2.75, 3.05) is 11.4 Å². The van der Waals surface area contributed by atoms with Crippen LogP contribution in [0.2, 0.25) is 5.02 Å². The lowest BCUT2D eigenvalue weighted by Crippen LogP contribution is -2.33. The van der Waals surface area contributed by atoms with Crippen molar-refractivity contribution in [3.8, 4) is 0 Å². The van der Waals surface area contributed by atoms with Crippen LogP contribution >= 0.6 is 11.6 Å². The second-order valence-corrected chi connectivity index (χ2v) is 6.64. The zero-order chi connectivity index (χ0) is 15.2. The summed E-state index contributed by atoms with van der Waals surface area (Å²) >= 11 is 6.49. The molecule has 1 atom stereocenters. The highest BCUT2D eigenvalue weighted by molar-refractivity contribution is 6.31. The Morgan fingerprint density at radius 3 is 2.67 bits per heavy atom. The molecule has 1 saturated carbocycles. The maximum atomic E-state index is 6.49. The molecular formula is C18H29ClN2. The Hall–Kier alpha value is -0.730. The maximum Gasteiger partial charge on any atom is 0.0471 e. The Bertz CT molecular complexity index is 443. The highest BCUT2D eigenvalue weighted by Gasteiger charge is 2.20. The molecule has 1 aliphatic carbocycles. The fourth-order valence-electron chi connectivity index (χ4n) is 2.55. The summed E-state index contributed by atoms with van der Waals surface area (Å²) in [5, 5.41) is 4.43. The summed E-state index contributed by atoms with van der Waals surface area (Å²) in [5.41, 5.74) is 2.48. The van der Waals surface area contributed by atoms with Gasteiger partial charge < -0.3 is 10.2 Å². The van der Waals surface area contributed by atoms with E-state index in [9.17, 15) is 0 Å². The Labute approximate surface area is 134 Å². The van der Waals surface area contributed by atoms with Gasteiger partial charge in [0.05, 0.1) is 0 Å². The van der Waals surface area contributed by atoms with Crippen molar-refractivity contribution in [2.45, 2.75) is 71.5 Å². The molecule has 1 fully saturated rings. The number of hydrogen-bond acceptors (Lipinski definition) is 2. The molecule has 0 spiro atoms. The summed E-state index contributed by atoms with van der Waals surface area (Å²) in [4.78, 5) is 2.49. The summed E-state index contributed by atoms with van der Waals surface area (Å²) < 4.78 is 0. The smallest absolute Gasteiger partial charge is 0.0471 e. The first kappa shape index (κ1) is 16.6. The van der Waals surface area contributed by atoms with E-state index in [-0.39, 0.29) is 0 Å². The van der Waals surface area contributed by atoms with Crippen molar-refractivity contribution in [2.24, 2.45) is 0 Å². The summed E-state index contributed by atoms with van der Waals surface area (Å²) in [6.45, 7) is 8.79. The molecule has 0 saturated heterocycles. The summed E-state index contributed by atoms with van der Waals surface area (Å²) in [6, 6.07) is 7.85. The predicted molar refractivity (Wildman–Crippen MR) is 93.3 cm³/mol. The molecule has 21 heavy (non-hydrogen) atoms. The Kier molecular flexibility index (Phi) is 6.38. The normalized spacial score (nSPS) is 16.0. The molecule has 1 N–H and O–H groups in total. The van der Waals surface area contributed by atoms with Crippen molar-refractivity contribution in [3.05, 3.63) is 28.8 Å². The van der Waals surface area contributed by atoms with Gasteiger partial charge in [0.15, 0.2) is 0 Å². The van der Waals surface area contributed by atoms with Crippen LogP contribution in [0.25, 0.3) is 0 Å². The number of nitrogens with zero attached hydrogens (tertiary/aromatic N) is 1. The molecule has 0 radical (unpaired) electrons. The third kappa shape index (κ3) is 4.89. The maximum absolute atomic E-state index is 6.49. The van der Waals surface area contributed by atoms with Crippen LogP contribution in [0.4, 0.5) is 5.69 Å². The van der Waals surface area contributed by atoms with Crippen LogP contribution in [0.15, 0.2) is 18.2 Å². The van der Waals surface area contributed by atoms with Gasteiger partial charge in [-0.1, -0.05) is 37.9 Å². The SMILES string of the molecule is CCCCN(c1ccc(CNC2CC2)c(Cl)c1)C(C)CC. The van der Waals surface area contributed by atoms with Crippen LogP contribution in [0.5, 0.6) is 0 Å². The lowest BCUT2D eigenvalue weighted by atomic mass is 10.1. The molecule has 0 bridgehead atoms. The molecule has 0 amide bonds. The zero-order valence-electron chi connectivity index (χ0n) is 13.7. The summed E-state index contributed by atoms with van der Waals surface area (Å²) in [5.74, 6) is 0. The second kappa shape index (κ2) is 8.05. The number of anilines is 1. The molecule has 1 unspecified atom stereocenters. The Morgan fingerprint density at radius 2 is 2.10 bits per heavy atom. The van der Waals surface area contributed by atoms with E-state index >= 15 is 0 Å². The van der Waals surface area contributed by atoms with E-state index in [2.05, 4.69) is 49.2 Å². The van der Waals surface area contributed by atoms with Gasteiger partial charge >= 0.3 is 0 Å². The Balaban J connectivity index is 2.06. The van der Waals surface area contributed by atoms with Crippen LogP contribution < -0.4 is 10.2 Å². The quantitative estimate of drug-likeness (QED) is 0.691. The van der Waals surface area contributed by atoms with Crippen LogP contribution in [-0.4, -0.2) is 18.6 Å². The van der Waals surface area contributed by atoms with E-state index in [4.69, 9.17) is 11.6 Å². The van der Waals surface area contributed by atoms with Gasteiger partial charge in [-0.05, 0) is 50.3 Å². The van der Waals surface area contributed by atoms with Crippen molar-refractivity contribution < 1.29 is 0 Å². The number of halogens is 1. The average Bonchev–Trinajstić information content (AvgIpc) is 3.30. The average molecular weight is 309 g/mol. The van der Waals surface area contributed by atoms with Crippen molar-refractivity contribution in [3.63, 3.8) is 0 Å². The molecular weight excluding hydrogens is 280 g/mol. The van der Waals surface area contributed by atoms with E-state index in [0.717, 1.165) is 30.6 Å². The zero-order valence-corrected chi connectivity index (χ0v) is 14.4. The highest BCUT2D eigenvalue weighted by Crippen LogP contribution is 2.27. The number of benzene rings is 1. The standard InChI is InChI=1S/C18H29ClN2/c1-4-6-11-21(14(3)5-2)17-10-7-15(18(19)12-17)13-20-16-8-9-16/h7,10,12,14,16,20H,4-6,8-9,11,13H2,1-3H3. The first-order chi connectivity index (χ1) is 10.2. The van der Waals surface area contributed by atoms with Gasteiger partial charge in [-0.2, -0.15) is 0 Å². The number of unbranched alkanes of at least 4 members (excludes halogenated alkanes) is 1. The third-order valence-corrected chi connectivity index (χ3v) is 4.75. The van der Waals surface area contributed by atoms with Crippen LogP contribution in [-0.2, 0) is 6.54 Å². The fourth-order valence-corrected chi connectivity index (χ4v) is 2.79. The molecule has 1 aliphatic rings. The van der Waals surface area contributed by atoms with Crippen LogP contribution in [0, 0.1) is 0 Å². The van der Waals surface area contributed by atoms with Crippen LogP contribution in [0.1, 0.15) is 58.4 Å². The number of rotatable bonds is 9. The van der Waals surface area contributed by atoms with Gasteiger partial charge in [-0.3, -0.25) is 0 Å². The second-order valence-electron chi connectivity index (χ2n) is 6.24. The monoisotopic (exact) mass is 308 g/mol. The van der Waals surface area contributed by atoms with E-state index in [1.807, 2.05) is 0 Å². The van der Waals surface area contributed by atoms with Crippen molar-refractivity contribution in [1.82, 2.24) is 5.32 Å². The molecule has 1 aromatic rings. The largest absolute Gasteiger partial charge is 0.369 e. The highest BCUT2D eigenvalue weighted by atomic mass is 35.5. The minimum Gasteiger partial charge on any atom is -0.369 e. The fraction of sp³-hybridized carbons (Fsp3) is 0.667. The number of hydrogen-bond donors (Lipinski definition) is 1. The van der Waals surface area contributed by atoms with Crippen molar-refractivity contribution >= 4 is 17.3 Å². The van der Waals surface area contributed by atoms with Gasteiger partial charge in [0.1, 0.15) is 0 Å².